The molecule has 0 N–H and O–H groups in total. The number of nitrogens with zero attached hydrogens (tertiary/aromatic N) is 3. The zero-order valence-corrected chi connectivity index (χ0v) is 12.1. The van der Waals surface area contributed by atoms with Gasteiger partial charge in [0.25, 0.3) is 0 Å². The summed E-state index contributed by atoms with van der Waals surface area (Å²) < 4.78 is 0.728. The average molecular weight is 298 g/mol. The maximum atomic E-state index is 12.1. The number of hydrogen-bond donors (Lipinski definition) is 0. The molecule has 0 aliphatic rings. The molecule has 0 aliphatic heterocycles. The fraction of sp³-hybridized carbons (Fsp3) is 0.0625. The third kappa shape index (κ3) is 2.85. The molecule has 0 amide bonds. The minimum absolute atomic E-state index is 0.252. The Morgan fingerprint density at radius 2 is 1.52 bits per heavy atom. The first kappa shape index (κ1) is 13.5. The monoisotopic (exact) mass is 297 g/mol. The van der Waals surface area contributed by atoms with Crippen molar-refractivity contribution in [3.63, 3.8) is 0 Å². The molecule has 0 saturated heterocycles. The third-order valence-corrected chi connectivity index (χ3v) is 3.40. The Morgan fingerprint density at radius 1 is 0.905 bits per heavy atom. The van der Waals surface area contributed by atoms with Crippen LogP contribution in [0.2, 0.25) is 5.02 Å². The lowest BCUT2D eigenvalue weighted by molar-refractivity contribution is -0.596. The smallest absolute Gasteiger partial charge is 0.360 e. The molecule has 5 heteroatoms. The molecule has 0 saturated carbocycles. The summed E-state index contributed by atoms with van der Waals surface area (Å²) in [5.41, 5.74) is 3.24. The van der Waals surface area contributed by atoms with Crippen molar-refractivity contribution in [1.82, 2.24) is 10.2 Å². The molecule has 0 fully saturated rings. The standard InChI is InChI=1S/C16H12ClN3O/c1-11-2-4-12(5-3-11)15-10-20(21)16(19-18-15)13-6-8-14(17)9-7-13/h2-10H,1H3. The van der Waals surface area contributed by atoms with Crippen LogP contribution in [0.5, 0.6) is 0 Å². The number of halogens is 1. The van der Waals surface area contributed by atoms with E-state index in [1.54, 1.807) is 24.3 Å². The van der Waals surface area contributed by atoms with Crippen LogP contribution >= 0.6 is 11.6 Å². The molecular weight excluding hydrogens is 286 g/mol. The number of benzene rings is 2. The summed E-state index contributed by atoms with van der Waals surface area (Å²) in [7, 11) is 0. The van der Waals surface area contributed by atoms with E-state index < -0.39 is 0 Å². The maximum Gasteiger partial charge on any atom is 0.360 e. The van der Waals surface area contributed by atoms with Crippen LogP contribution in [0.25, 0.3) is 22.6 Å². The van der Waals surface area contributed by atoms with Crippen LogP contribution in [0.4, 0.5) is 0 Å². The van der Waals surface area contributed by atoms with Gasteiger partial charge in [-0.3, -0.25) is 0 Å². The minimum Gasteiger partial charge on any atom is -0.710 e. The summed E-state index contributed by atoms with van der Waals surface area (Å²) in [4.78, 5) is 0. The van der Waals surface area contributed by atoms with Gasteiger partial charge in [0, 0.05) is 10.6 Å². The molecule has 104 valence electrons. The molecule has 0 bridgehead atoms. The summed E-state index contributed by atoms with van der Waals surface area (Å²) in [6, 6.07) is 14.7. The number of hydrogen-bond acceptors (Lipinski definition) is 3. The Hall–Kier alpha value is -2.46. The lowest BCUT2D eigenvalue weighted by atomic mass is 10.1. The maximum absolute atomic E-state index is 12.1. The van der Waals surface area contributed by atoms with Crippen LogP contribution in [0.15, 0.2) is 54.7 Å². The molecule has 2 aromatic carbocycles. The molecule has 0 atom stereocenters. The van der Waals surface area contributed by atoms with Crippen molar-refractivity contribution < 1.29 is 4.73 Å². The predicted molar refractivity (Wildman–Crippen MR) is 81.6 cm³/mol. The van der Waals surface area contributed by atoms with Gasteiger partial charge in [-0.1, -0.05) is 41.4 Å². The van der Waals surface area contributed by atoms with Crippen molar-refractivity contribution >= 4 is 11.6 Å². The predicted octanol–water partition coefficient (Wildman–Crippen LogP) is 3.41. The van der Waals surface area contributed by atoms with Crippen LogP contribution in [0, 0.1) is 12.1 Å². The molecule has 4 nitrogen and oxygen atoms in total. The van der Waals surface area contributed by atoms with Gasteiger partial charge >= 0.3 is 5.82 Å². The highest BCUT2D eigenvalue weighted by Gasteiger charge is 2.14. The van der Waals surface area contributed by atoms with E-state index in [0.29, 0.717) is 16.3 Å². The summed E-state index contributed by atoms with van der Waals surface area (Å²) in [5.74, 6) is 0.252. The van der Waals surface area contributed by atoms with Crippen molar-refractivity contribution in [2.24, 2.45) is 0 Å². The summed E-state index contributed by atoms with van der Waals surface area (Å²) in [6.07, 6.45) is 1.43. The van der Waals surface area contributed by atoms with E-state index in [1.165, 1.54) is 6.20 Å². The zero-order valence-electron chi connectivity index (χ0n) is 11.3. The molecule has 21 heavy (non-hydrogen) atoms. The van der Waals surface area contributed by atoms with E-state index in [0.717, 1.165) is 15.9 Å². The van der Waals surface area contributed by atoms with Crippen LogP contribution < -0.4 is 4.73 Å². The van der Waals surface area contributed by atoms with Crippen molar-refractivity contribution in [3.8, 4) is 22.6 Å². The number of aryl methyl sites for hydroxylation is 1. The summed E-state index contributed by atoms with van der Waals surface area (Å²) >= 11 is 5.84. The third-order valence-electron chi connectivity index (χ3n) is 3.15. The second-order valence-corrected chi connectivity index (χ2v) is 5.17. The second-order valence-electron chi connectivity index (χ2n) is 4.74. The molecule has 0 spiro atoms. The van der Waals surface area contributed by atoms with Gasteiger partial charge in [0.15, 0.2) is 5.69 Å². The average Bonchev–Trinajstić information content (AvgIpc) is 2.49. The van der Waals surface area contributed by atoms with E-state index in [2.05, 4.69) is 10.2 Å². The minimum atomic E-state index is 0.252. The lowest BCUT2D eigenvalue weighted by Crippen LogP contribution is -2.31. The van der Waals surface area contributed by atoms with Gasteiger partial charge in [0.2, 0.25) is 0 Å². The Labute approximate surface area is 127 Å². The van der Waals surface area contributed by atoms with Crippen LogP contribution in [0.1, 0.15) is 5.56 Å². The molecule has 0 unspecified atom stereocenters. The van der Waals surface area contributed by atoms with Crippen LogP contribution in [-0.2, 0) is 0 Å². The molecule has 1 heterocycles. The quantitative estimate of drug-likeness (QED) is 0.538. The molecule has 3 aromatic rings. The van der Waals surface area contributed by atoms with Crippen molar-refractivity contribution in [2.75, 3.05) is 0 Å². The Balaban J connectivity index is 1.99. The molecule has 0 aliphatic carbocycles. The van der Waals surface area contributed by atoms with Crippen LogP contribution in [-0.4, -0.2) is 10.2 Å². The second kappa shape index (κ2) is 5.50. The van der Waals surface area contributed by atoms with E-state index in [4.69, 9.17) is 11.6 Å². The highest BCUT2D eigenvalue weighted by atomic mass is 35.5. The van der Waals surface area contributed by atoms with Crippen molar-refractivity contribution in [1.29, 1.82) is 0 Å². The van der Waals surface area contributed by atoms with Gasteiger partial charge in [-0.2, -0.15) is 0 Å². The Kier molecular flexibility index (Phi) is 3.54. The zero-order chi connectivity index (χ0) is 14.8. The fourth-order valence-electron chi connectivity index (χ4n) is 1.98. The SMILES string of the molecule is Cc1ccc(-c2c[n+]([O-])c(-c3ccc(Cl)cc3)nn2)cc1. The molecule has 0 radical (unpaired) electrons. The van der Waals surface area contributed by atoms with E-state index in [1.807, 2.05) is 31.2 Å². The molecule has 1 aromatic heterocycles. The summed E-state index contributed by atoms with van der Waals surface area (Å²) in [6.45, 7) is 2.01. The van der Waals surface area contributed by atoms with E-state index in [-0.39, 0.29) is 5.82 Å². The van der Waals surface area contributed by atoms with Gasteiger partial charge < -0.3 is 5.21 Å². The topological polar surface area (TPSA) is 52.7 Å². The highest BCUT2D eigenvalue weighted by molar-refractivity contribution is 6.30. The van der Waals surface area contributed by atoms with E-state index in [9.17, 15) is 5.21 Å². The highest BCUT2D eigenvalue weighted by Crippen LogP contribution is 2.19. The summed E-state index contributed by atoms with van der Waals surface area (Å²) in [5, 5.41) is 20.9. The fourth-order valence-corrected chi connectivity index (χ4v) is 2.11. The van der Waals surface area contributed by atoms with Crippen molar-refractivity contribution in [2.45, 2.75) is 6.92 Å². The van der Waals surface area contributed by atoms with Gasteiger partial charge in [0.05, 0.1) is 10.7 Å². The van der Waals surface area contributed by atoms with Gasteiger partial charge in [-0.15, -0.1) is 0 Å². The first-order chi connectivity index (χ1) is 10.1. The van der Waals surface area contributed by atoms with Gasteiger partial charge in [0.1, 0.15) is 6.20 Å². The van der Waals surface area contributed by atoms with E-state index >= 15 is 0 Å². The lowest BCUT2D eigenvalue weighted by Gasteiger charge is -2.06. The first-order valence-electron chi connectivity index (χ1n) is 6.43. The normalized spacial score (nSPS) is 10.6. The number of aromatic nitrogens is 3. The number of rotatable bonds is 2. The first-order valence-corrected chi connectivity index (χ1v) is 6.81. The molecule has 3 rings (SSSR count). The van der Waals surface area contributed by atoms with Crippen LogP contribution in [0.3, 0.4) is 0 Å². The largest absolute Gasteiger partial charge is 0.710 e. The molecular formula is C16H12ClN3O. The van der Waals surface area contributed by atoms with Gasteiger partial charge in [-0.05, 0) is 36.3 Å². The Morgan fingerprint density at radius 3 is 2.14 bits per heavy atom. The Bertz CT molecular complexity index is 771. The van der Waals surface area contributed by atoms with Gasteiger partial charge in [-0.25, -0.2) is 4.73 Å². The van der Waals surface area contributed by atoms with Crippen molar-refractivity contribution in [3.05, 3.63) is 70.5 Å².